The van der Waals surface area contributed by atoms with Crippen molar-refractivity contribution in [3.05, 3.63) is 57.2 Å². The lowest BCUT2D eigenvalue weighted by molar-refractivity contribution is 0.794. The number of halogens is 2. The van der Waals surface area contributed by atoms with E-state index < -0.39 is 0 Å². The monoisotopic (exact) mass is 353 g/mol. The minimum atomic E-state index is 0.759. The van der Waals surface area contributed by atoms with Gasteiger partial charge in [-0.1, -0.05) is 23.7 Å². The van der Waals surface area contributed by atoms with Gasteiger partial charge >= 0.3 is 0 Å². The Morgan fingerprint density at radius 2 is 2.15 bits per heavy atom. The van der Waals surface area contributed by atoms with E-state index in [1.54, 1.807) is 0 Å². The summed E-state index contributed by atoms with van der Waals surface area (Å²) < 4.78 is 0.989. The van der Waals surface area contributed by atoms with Crippen LogP contribution in [0.2, 0.25) is 5.02 Å². The van der Waals surface area contributed by atoms with Gasteiger partial charge in [0.15, 0.2) is 0 Å². The predicted octanol–water partition coefficient (Wildman–Crippen LogP) is 3.85. The number of pyridine rings is 1. The number of hydrogen-bond acceptors (Lipinski definition) is 3. The Balaban J connectivity index is 2.22. The van der Waals surface area contributed by atoms with Gasteiger partial charge in [0, 0.05) is 41.4 Å². The first-order chi connectivity index (χ1) is 9.60. The summed E-state index contributed by atoms with van der Waals surface area (Å²) in [5.74, 6) is 0.975. The number of benzene rings is 1. The molecule has 0 aliphatic rings. The third-order valence-electron chi connectivity index (χ3n) is 2.95. The van der Waals surface area contributed by atoms with E-state index >= 15 is 0 Å². The first-order valence-electron chi connectivity index (χ1n) is 6.34. The topological polar surface area (TPSA) is 28.2 Å². The maximum Gasteiger partial charge on any atom is 0.133 e. The van der Waals surface area contributed by atoms with E-state index in [9.17, 15) is 0 Å². The molecule has 0 saturated heterocycles. The van der Waals surface area contributed by atoms with E-state index in [0.29, 0.717) is 0 Å². The molecular weight excluding hydrogens is 338 g/mol. The van der Waals surface area contributed by atoms with E-state index in [0.717, 1.165) is 34.0 Å². The third-order valence-corrected chi connectivity index (χ3v) is 3.62. The van der Waals surface area contributed by atoms with Crippen LogP contribution in [-0.2, 0) is 13.1 Å². The molecule has 3 nitrogen and oxygen atoms in total. The summed E-state index contributed by atoms with van der Waals surface area (Å²) in [5.41, 5.74) is 2.33. The Kier molecular flexibility index (Phi) is 5.40. The van der Waals surface area contributed by atoms with Gasteiger partial charge in [-0.3, -0.25) is 0 Å². The maximum absolute atomic E-state index is 6.03. The summed E-state index contributed by atoms with van der Waals surface area (Å²) in [6, 6.07) is 9.99. The number of hydrogen-bond donors (Lipinski definition) is 1. The SMILES string of the molecule is CNCc1cc(Br)cnc1N(C)Cc1cccc(Cl)c1. The molecule has 5 heteroatoms. The third kappa shape index (κ3) is 3.95. The minimum absolute atomic E-state index is 0.759. The van der Waals surface area contributed by atoms with Crippen LogP contribution in [0.15, 0.2) is 41.0 Å². The van der Waals surface area contributed by atoms with Crippen molar-refractivity contribution in [2.24, 2.45) is 0 Å². The predicted molar refractivity (Wildman–Crippen MR) is 88.3 cm³/mol. The fourth-order valence-electron chi connectivity index (χ4n) is 2.12. The Labute approximate surface area is 133 Å². The number of anilines is 1. The molecule has 1 heterocycles. The number of rotatable bonds is 5. The number of aromatic nitrogens is 1. The van der Waals surface area contributed by atoms with Gasteiger partial charge in [-0.15, -0.1) is 0 Å². The Morgan fingerprint density at radius 1 is 1.35 bits per heavy atom. The zero-order valence-electron chi connectivity index (χ0n) is 11.5. The molecule has 0 fully saturated rings. The normalized spacial score (nSPS) is 10.6. The van der Waals surface area contributed by atoms with Gasteiger partial charge in [-0.2, -0.15) is 0 Å². The summed E-state index contributed by atoms with van der Waals surface area (Å²) in [6.07, 6.45) is 1.82. The van der Waals surface area contributed by atoms with Crippen molar-refractivity contribution in [1.82, 2.24) is 10.3 Å². The average molecular weight is 355 g/mol. The highest BCUT2D eigenvalue weighted by atomic mass is 79.9. The van der Waals surface area contributed by atoms with Crippen molar-refractivity contribution in [3.8, 4) is 0 Å². The van der Waals surface area contributed by atoms with Crippen LogP contribution in [0.4, 0.5) is 5.82 Å². The first-order valence-corrected chi connectivity index (χ1v) is 7.52. The van der Waals surface area contributed by atoms with Crippen molar-refractivity contribution in [2.45, 2.75) is 13.1 Å². The van der Waals surface area contributed by atoms with Crippen molar-refractivity contribution >= 4 is 33.3 Å². The lowest BCUT2D eigenvalue weighted by Gasteiger charge is -2.21. The highest BCUT2D eigenvalue weighted by Gasteiger charge is 2.10. The van der Waals surface area contributed by atoms with Crippen molar-refractivity contribution in [2.75, 3.05) is 19.0 Å². The van der Waals surface area contributed by atoms with Gasteiger partial charge < -0.3 is 10.2 Å². The summed E-state index contributed by atoms with van der Waals surface area (Å²) in [6.45, 7) is 1.55. The van der Waals surface area contributed by atoms with Crippen LogP contribution in [0.25, 0.3) is 0 Å². The minimum Gasteiger partial charge on any atom is -0.355 e. The van der Waals surface area contributed by atoms with E-state index in [4.69, 9.17) is 11.6 Å². The average Bonchev–Trinajstić information content (AvgIpc) is 2.39. The van der Waals surface area contributed by atoms with Gasteiger partial charge in [0.05, 0.1) is 0 Å². The first kappa shape index (κ1) is 15.3. The molecule has 0 unspecified atom stereocenters. The van der Waals surface area contributed by atoms with Gasteiger partial charge in [0.2, 0.25) is 0 Å². The fourth-order valence-corrected chi connectivity index (χ4v) is 2.71. The van der Waals surface area contributed by atoms with Crippen LogP contribution >= 0.6 is 27.5 Å². The van der Waals surface area contributed by atoms with Crippen LogP contribution in [0.5, 0.6) is 0 Å². The quantitative estimate of drug-likeness (QED) is 0.884. The molecule has 0 amide bonds. The maximum atomic E-state index is 6.03. The van der Waals surface area contributed by atoms with Crippen LogP contribution in [0.3, 0.4) is 0 Å². The van der Waals surface area contributed by atoms with Crippen molar-refractivity contribution in [3.63, 3.8) is 0 Å². The van der Waals surface area contributed by atoms with Gasteiger partial charge in [0.1, 0.15) is 5.82 Å². The van der Waals surface area contributed by atoms with E-state index in [2.05, 4.69) is 43.3 Å². The number of nitrogens with one attached hydrogen (secondary N) is 1. The van der Waals surface area contributed by atoms with Crippen LogP contribution in [0, 0.1) is 0 Å². The molecule has 0 spiro atoms. The second-order valence-corrected chi connectivity index (χ2v) is 6.00. The fraction of sp³-hybridized carbons (Fsp3) is 0.267. The summed E-state index contributed by atoms with van der Waals surface area (Å²) in [4.78, 5) is 6.65. The van der Waals surface area contributed by atoms with Crippen LogP contribution < -0.4 is 10.2 Å². The Morgan fingerprint density at radius 3 is 2.85 bits per heavy atom. The van der Waals surface area contributed by atoms with E-state index in [-0.39, 0.29) is 0 Å². The zero-order chi connectivity index (χ0) is 14.5. The molecular formula is C15H17BrClN3. The number of nitrogens with zero attached hydrogens (tertiary/aromatic N) is 2. The highest BCUT2D eigenvalue weighted by molar-refractivity contribution is 9.10. The molecule has 0 bridgehead atoms. The lowest BCUT2D eigenvalue weighted by atomic mass is 10.2. The molecule has 1 aromatic heterocycles. The van der Waals surface area contributed by atoms with Crippen molar-refractivity contribution < 1.29 is 0 Å². The smallest absolute Gasteiger partial charge is 0.133 e. The molecule has 20 heavy (non-hydrogen) atoms. The summed E-state index contributed by atoms with van der Waals surface area (Å²) >= 11 is 9.49. The van der Waals surface area contributed by atoms with Gasteiger partial charge in [0.25, 0.3) is 0 Å². The van der Waals surface area contributed by atoms with E-state index in [1.807, 2.05) is 38.5 Å². The van der Waals surface area contributed by atoms with Crippen molar-refractivity contribution in [1.29, 1.82) is 0 Å². The molecule has 106 valence electrons. The second kappa shape index (κ2) is 7.07. The van der Waals surface area contributed by atoms with Gasteiger partial charge in [-0.05, 0) is 46.7 Å². The molecule has 0 radical (unpaired) electrons. The summed E-state index contributed by atoms with van der Waals surface area (Å²) in [5, 5.41) is 3.93. The van der Waals surface area contributed by atoms with E-state index in [1.165, 1.54) is 5.56 Å². The molecule has 1 aromatic carbocycles. The molecule has 0 aliphatic heterocycles. The summed E-state index contributed by atoms with van der Waals surface area (Å²) in [7, 11) is 3.97. The molecule has 0 aliphatic carbocycles. The molecule has 2 aromatic rings. The van der Waals surface area contributed by atoms with Crippen LogP contribution in [0.1, 0.15) is 11.1 Å². The van der Waals surface area contributed by atoms with Gasteiger partial charge in [-0.25, -0.2) is 4.98 Å². The highest BCUT2D eigenvalue weighted by Crippen LogP contribution is 2.22. The Bertz CT molecular complexity index is 589. The molecule has 1 N–H and O–H groups in total. The standard InChI is InChI=1S/C15H17BrClN3/c1-18-8-12-7-13(16)9-19-15(12)20(2)10-11-4-3-5-14(17)6-11/h3-7,9,18H,8,10H2,1-2H3. The molecule has 0 saturated carbocycles. The molecule has 2 rings (SSSR count). The molecule has 0 atom stereocenters. The lowest BCUT2D eigenvalue weighted by Crippen LogP contribution is -2.21. The van der Waals surface area contributed by atoms with Crippen LogP contribution in [-0.4, -0.2) is 19.1 Å². The zero-order valence-corrected chi connectivity index (χ0v) is 13.9. The Hall–Kier alpha value is -1.10. The second-order valence-electron chi connectivity index (χ2n) is 4.65. The largest absolute Gasteiger partial charge is 0.355 e.